The molecule has 1 aromatic heterocycles. The van der Waals surface area contributed by atoms with Gasteiger partial charge in [-0.1, -0.05) is 30.9 Å². The maximum absolute atomic E-state index is 6.22. The smallest absolute Gasteiger partial charge is 0.126 e. The molecule has 0 spiro atoms. The zero-order valence-corrected chi connectivity index (χ0v) is 12.7. The second kappa shape index (κ2) is 7.11. The monoisotopic (exact) mass is 281 g/mol. The molecule has 0 aliphatic heterocycles. The number of rotatable bonds is 5. The van der Waals surface area contributed by atoms with Crippen LogP contribution in [-0.4, -0.2) is 30.5 Å². The van der Waals surface area contributed by atoms with E-state index >= 15 is 0 Å². The van der Waals surface area contributed by atoms with Crippen LogP contribution in [0.5, 0.6) is 0 Å². The third-order valence-electron chi connectivity index (χ3n) is 3.89. The molecule has 3 nitrogen and oxygen atoms in total. The summed E-state index contributed by atoms with van der Waals surface area (Å²) in [7, 11) is 4.05. The molecule has 1 fully saturated rings. The van der Waals surface area contributed by atoms with Gasteiger partial charge in [0.2, 0.25) is 0 Å². The second-order valence-corrected chi connectivity index (χ2v) is 5.98. The highest BCUT2D eigenvalue weighted by Crippen LogP contribution is 2.25. The number of halogens is 1. The number of nitrogens with zero attached hydrogens (tertiary/aromatic N) is 2. The van der Waals surface area contributed by atoms with Gasteiger partial charge in [0.1, 0.15) is 5.82 Å². The van der Waals surface area contributed by atoms with Crippen molar-refractivity contribution < 1.29 is 0 Å². The third kappa shape index (κ3) is 4.36. The Morgan fingerprint density at radius 1 is 1.32 bits per heavy atom. The highest BCUT2D eigenvalue weighted by molar-refractivity contribution is 6.31. The molecule has 0 saturated heterocycles. The molecule has 4 heteroatoms. The first-order valence-corrected chi connectivity index (χ1v) is 7.58. The van der Waals surface area contributed by atoms with Gasteiger partial charge in [-0.3, -0.25) is 0 Å². The van der Waals surface area contributed by atoms with Gasteiger partial charge in [-0.25, -0.2) is 4.98 Å². The Kier molecular flexibility index (Phi) is 5.46. The van der Waals surface area contributed by atoms with E-state index in [1.807, 2.05) is 19.2 Å². The topological polar surface area (TPSA) is 28.2 Å². The van der Waals surface area contributed by atoms with Crippen LogP contribution >= 0.6 is 11.6 Å². The van der Waals surface area contributed by atoms with Gasteiger partial charge < -0.3 is 10.2 Å². The molecule has 19 heavy (non-hydrogen) atoms. The number of hydrogen-bond acceptors (Lipinski definition) is 3. The highest BCUT2D eigenvalue weighted by atomic mass is 35.5. The minimum absolute atomic E-state index is 0.759. The van der Waals surface area contributed by atoms with Gasteiger partial charge in [-0.15, -0.1) is 0 Å². The normalized spacial score (nSPS) is 16.8. The lowest BCUT2D eigenvalue weighted by Gasteiger charge is -2.27. The zero-order chi connectivity index (χ0) is 13.7. The lowest BCUT2D eigenvalue weighted by molar-refractivity contribution is 0.226. The maximum Gasteiger partial charge on any atom is 0.126 e. The molecule has 0 aromatic carbocycles. The predicted molar refractivity (Wildman–Crippen MR) is 81.7 cm³/mol. The maximum atomic E-state index is 6.22. The van der Waals surface area contributed by atoms with Crippen LogP contribution in [0, 0.1) is 5.92 Å². The van der Waals surface area contributed by atoms with Gasteiger partial charge in [0, 0.05) is 20.1 Å². The summed E-state index contributed by atoms with van der Waals surface area (Å²) in [4.78, 5) is 6.89. The molecular formula is C15H24ClN3. The van der Waals surface area contributed by atoms with Crippen LogP contribution in [0.25, 0.3) is 0 Å². The molecular weight excluding hydrogens is 258 g/mol. The Hall–Kier alpha value is -0.800. The first kappa shape index (κ1) is 14.6. The predicted octanol–water partition coefficient (Wildman–Crippen LogP) is 3.79. The molecule has 1 aliphatic carbocycles. The minimum atomic E-state index is 0.759. The Labute approximate surface area is 121 Å². The van der Waals surface area contributed by atoms with Crippen molar-refractivity contribution in [2.45, 2.75) is 38.6 Å². The SMILES string of the molecule is CNc1ccc(Cl)c(CN(C)CC2CCCCC2)n1. The fourth-order valence-corrected chi connectivity index (χ4v) is 3.03. The van der Waals surface area contributed by atoms with E-state index in [0.717, 1.165) is 35.5 Å². The highest BCUT2D eigenvalue weighted by Gasteiger charge is 2.16. The molecule has 1 N–H and O–H groups in total. The molecule has 1 aliphatic rings. The molecule has 0 amide bonds. The Balaban J connectivity index is 1.92. The van der Waals surface area contributed by atoms with E-state index in [2.05, 4.69) is 22.2 Å². The van der Waals surface area contributed by atoms with Gasteiger partial charge in [0.25, 0.3) is 0 Å². The summed E-state index contributed by atoms with van der Waals surface area (Å²) in [6, 6.07) is 3.83. The zero-order valence-electron chi connectivity index (χ0n) is 12.0. The molecule has 2 rings (SSSR count). The van der Waals surface area contributed by atoms with Gasteiger partial charge in [-0.05, 0) is 37.9 Å². The fraction of sp³-hybridized carbons (Fsp3) is 0.667. The molecule has 0 unspecified atom stereocenters. The van der Waals surface area contributed by atoms with Gasteiger partial charge in [-0.2, -0.15) is 0 Å². The van der Waals surface area contributed by atoms with Crippen molar-refractivity contribution in [2.75, 3.05) is 26.0 Å². The summed E-state index contributed by atoms with van der Waals surface area (Å²) in [5.74, 6) is 1.73. The van der Waals surface area contributed by atoms with E-state index < -0.39 is 0 Å². The van der Waals surface area contributed by atoms with Gasteiger partial charge in [0.05, 0.1) is 10.7 Å². The van der Waals surface area contributed by atoms with Crippen molar-refractivity contribution in [1.29, 1.82) is 0 Å². The Morgan fingerprint density at radius 2 is 2.05 bits per heavy atom. The summed E-state index contributed by atoms with van der Waals surface area (Å²) in [5.41, 5.74) is 0.965. The second-order valence-electron chi connectivity index (χ2n) is 5.58. The first-order valence-electron chi connectivity index (χ1n) is 7.20. The Morgan fingerprint density at radius 3 is 2.74 bits per heavy atom. The number of anilines is 1. The number of pyridine rings is 1. The quantitative estimate of drug-likeness (QED) is 0.890. The number of nitrogens with one attached hydrogen (secondary N) is 1. The van der Waals surface area contributed by atoms with Crippen LogP contribution in [-0.2, 0) is 6.54 Å². The largest absolute Gasteiger partial charge is 0.373 e. The summed E-state index contributed by atoms with van der Waals surface area (Å²) in [6.45, 7) is 1.98. The molecule has 0 atom stereocenters. The van der Waals surface area contributed by atoms with E-state index in [1.165, 1.54) is 32.1 Å². The molecule has 0 radical (unpaired) electrons. The van der Waals surface area contributed by atoms with Crippen LogP contribution in [0.4, 0.5) is 5.82 Å². The summed E-state index contributed by atoms with van der Waals surface area (Å²) >= 11 is 6.22. The van der Waals surface area contributed by atoms with E-state index in [1.54, 1.807) is 0 Å². The Bertz CT molecular complexity index is 402. The van der Waals surface area contributed by atoms with E-state index in [4.69, 9.17) is 11.6 Å². The van der Waals surface area contributed by atoms with Crippen molar-refractivity contribution in [3.8, 4) is 0 Å². The summed E-state index contributed by atoms with van der Waals surface area (Å²) in [6.07, 6.45) is 6.96. The number of hydrogen-bond donors (Lipinski definition) is 1. The van der Waals surface area contributed by atoms with Crippen molar-refractivity contribution in [3.63, 3.8) is 0 Å². The lowest BCUT2D eigenvalue weighted by atomic mass is 9.89. The average Bonchev–Trinajstić information content (AvgIpc) is 2.42. The van der Waals surface area contributed by atoms with Crippen molar-refractivity contribution in [2.24, 2.45) is 5.92 Å². The molecule has 1 saturated carbocycles. The molecule has 1 aromatic rings. The van der Waals surface area contributed by atoms with Crippen LogP contribution in [0.3, 0.4) is 0 Å². The van der Waals surface area contributed by atoms with Crippen molar-refractivity contribution >= 4 is 17.4 Å². The van der Waals surface area contributed by atoms with E-state index in [0.29, 0.717) is 0 Å². The van der Waals surface area contributed by atoms with Gasteiger partial charge in [0.15, 0.2) is 0 Å². The van der Waals surface area contributed by atoms with E-state index in [-0.39, 0.29) is 0 Å². The number of aromatic nitrogens is 1. The van der Waals surface area contributed by atoms with Crippen molar-refractivity contribution in [3.05, 3.63) is 22.8 Å². The summed E-state index contributed by atoms with van der Waals surface area (Å²) < 4.78 is 0. The minimum Gasteiger partial charge on any atom is -0.373 e. The first-order chi connectivity index (χ1) is 9.19. The average molecular weight is 282 g/mol. The molecule has 106 valence electrons. The standard InChI is InChI=1S/C15H24ClN3/c1-17-15-9-8-13(16)14(18-15)11-19(2)10-12-6-4-3-5-7-12/h8-9,12H,3-7,10-11H2,1-2H3,(H,17,18). The van der Waals surface area contributed by atoms with Crippen LogP contribution in [0.2, 0.25) is 5.02 Å². The van der Waals surface area contributed by atoms with Crippen LogP contribution in [0.15, 0.2) is 12.1 Å². The lowest BCUT2D eigenvalue weighted by Crippen LogP contribution is -2.27. The third-order valence-corrected chi connectivity index (χ3v) is 4.23. The van der Waals surface area contributed by atoms with Gasteiger partial charge >= 0.3 is 0 Å². The molecule has 1 heterocycles. The van der Waals surface area contributed by atoms with Crippen molar-refractivity contribution in [1.82, 2.24) is 9.88 Å². The fourth-order valence-electron chi connectivity index (χ4n) is 2.87. The molecule has 0 bridgehead atoms. The summed E-state index contributed by atoms with van der Waals surface area (Å²) in [5, 5.41) is 3.82. The van der Waals surface area contributed by atoms with Crippen LogP contribution in [0.1, 0.15) is 37.8 Å². The van der Waals surface area contributed by atoms with E-state index in [9.17, 15) is 0 Å². The van der Waals surface area contributed by atoms with Crippen LogP contribution < -0.4 is 5.32 Å².